The molecule has 154 valence electrons. The van der Waals surface area contributed by atoms with E-state index in [2.05, 4.69) is 6.07 Å². The van der Waals surface area contributed by atoms with E-state index in [4.69, 9.17) is 18.9 Å². The Kier molecular flexibility index (Phi) is 6.67. The highest BCUT2D eigenvalue weighted by atomic mass is 16.5. The molecule has 0 bridgehead atoms. The molecule has 0 N–H and O–H groups in total. The summed E-state index contributed by atoms with van der Waals surface area (Å²) in [4.78, 5) is 26.1. The number of nitriles is 1. The third-order valence-corrected chi connectivity index (χ3v) is 4.47. The van der Waals surface area contributed by atoms with Gasteiger partial charge in [-0.2, -0.15) is 5.26 Å². The second-order valence-electron chi connectivity index (χ2n) is 6.28. The second-order valence-corrected chi connectivity index (χ2v) is 6.28. The van der Waals surface area contributed by atoms with Gasteiger partial charge in [0.25, 0.3) is 0 Å². The van der Waals surface area contributed by atoms with Crippen LogP contribution in [0, 0.1) is 11.3 Å². The zero-order valence-electron chi connectivity index (χ0n) is 16.6. The Morgan fingerprint density at radius 1 is 1.10 bits per heavy atom. The van der Waals surface area contributed by atoms with Crippen molar-refractivity contribution in [3.05, 3.63) is 70.9 Å². The Morgan fingerprint density at radius 3 is 2.50 bits per heavy atom. The Bertz CT molecular complexity index is 1010. The predicted molar refractivity (Wildman–Crippen MR) is 106 cm³/mol. The minimum absolute atomic E-state index is 0.00888. The molecule has 0 fully saturated rings. The lowest BCUT2D eigenvalue weighted by molar-refractivity contribution is -0.140. The molecule has 8 nitrogen and oxygen atoms in total. The fourth-order valence-electron chi connectivity index (χ4n) is 2.97. The summed E-state index contributed by atoms with van der Waals surface area (Å²) >= 11 is 0. The first kappa shape index (κ1) is 20.9. The van der Waals surface area contributed by atoms with Gasteiger partial charge in [-0.3, -0.25) is 0 Å². The molecule has 0 spiro atoms. The van der Waals surface area contributed by atoms with Crippen LogP contribution in [-0.4, -0.2) is 39.5 Å². The van der Waals surface area contributed by atoms with E-state index in [0.717, 1.165) is 5.56 Å². The summed E-state index contributed by atoms with van der Waals surface area (Å²) in [5, 5.41) is 9.43. The lowest BCUT2D eigenvalue weighted by Crippen LogP contribution is -2.38. The largest absolute Gasteiger partial charge is 0.487 e. The average molecular weight is 408 g/mol. The summed E-state index contributed by atoms with van der Waals surface area (Å²) in [5.41, 5.74) is 1.85. The van der Waals surface area contributed by atoms with Crippen LogP contribution >= 0.6 is 0 Å². The molecule has 2 aromatic rings. The van der Waals surface area contributed by atoms with Crippen LogP contribution in [0.3, 0.4) is 0 Å². The summed E-state index contributed by atoms with van der Waals surface area (Å²) in [6.07, 6.45) is 0. The van der Waals surface area contributed by atoms with Gasteiger partial charge in [0.1, 0.15) is 30.9 Å². The standard InChI is InChI=1S/C22H20N2O6/c1-27-21(25)18-13-29-14-24(20(18)22(26)28-2)17-9-8-16(11-23)19(10-17)30-12-15-6-4-3-5-7-15/h3-10H,12-14H2,1-2H3. The number of anilines is 1. The van der Waals surface area contributed by atoms with Crippen molar-refractivity contribution in [2.24, 2.45) is 0 Å². The molecule has 8 heteroatoms. The fraction of sp³-hybridized carbons (Fsp3) is 0.227. The van der Waals surface area contributed by atoms with Crippen LogP contribution in [0.2, 0.25) is 0 Å². The monoisotopic (exact) mass is 408 g/mol. The van der Waals surface area contributed by atoms with Crippen LogP contribution in [0.1, 0.15) is 11.1 Å². The van der Waals surface area contributed by atoms with E-state index in [-0.39, 0.29) is 31.2 Å². The van der Waals surface area contributed by atoms with E-state index in [1.807, 2.05) is 30.3 Å². The van der Waals surface area contributed by atoms with E-state index < -0.39 is 11.9 Å². The van der Waals surface area contributed by atoms with E-state index >= 15 is 0 Å². The molecule has 3 rings (SSSR count). The number of rotatable bonds is 6. The van der Waals surface area contributed by atoms with Crippen LogP contribution in [0.15, 0.2) is 59.8 Å². The van der Waals surface area contributed by atoms with Crippen molar-refractivity contribution in [1.82, 2.24) is 0 Å². The van der Waals surface area contributed by atoms with Crippen LogP contribution in [0.5, 0.6) is 5.75 Å². The van der Waals surface area contributed by atoms with Crippen molar-refractivity contribution in [3.8, 4) is 11.8 Å². The Hall–Kier alpha value is -3.83. The smallest absolute Gasteiger partial charge is 0.355 e. The van der Waals surface area contributed by atoms with Crippen LogP contribution in [0.4, 0.5) is 5.69 Å². The minimum atomic E-state index is -0.699. The highest BCUT2D eigenvalue weighted by Crippen LogP contribution is 2.31. The number of benzene rings is 2. The van der Waals surface area contributed by atoms with E-state index in [1.54, 1.807) is 18.2 Å². The highest BCUT2D eigenvalue weighted by Gasteiger charge is 2.32. The number of nitrogens with zero attached hydrogens (tertiary/aromatic N) is 2. The molecule has 0 aromatic heterocycles. The van der Waals surface area contributed by atoms with Crippen LogP contribution < -0.4 is 9.64 Å². The number of esters is 2. The zero-order chi connectivity index (χ0) is 21.5. The van der Waals surface area contributed by atoms with Crippen LogP contribution in [0.25, 0.3) is 0 Å². The van der Waals surface area contributed by atoms with Crippen molar-refractivity contribution in [1.29, 1.82) is 5.26 Å². The second kappa shape index (κ2) is 9.58. The minimum Gasteiger partial charge on any atom is -0.487 e. The van der Waals surface area contributed by atoms with Gasteiger partial charge in [-0.15, -0.1) is 0 Å². The van der Waals surface area contributed by atoms with Crippen molar-refractivity contribution in [2.75, 3.05) is 32.5 Å². The third kappa shape index (κ3) is 4.42. The van der Waals surface area contributed by atoms with Gasteiger partial charge in [-0.05, 0) is 17.7 Å². The Balaban J connectivity index is 1.98. The highest BCUT2D eigenvalue weighted by molar-refractivity contribution is 6.03. The van der Waals surface area contributed by atoms with Crippen molar-refractivity contribution < 1.29 is 28.5 Å². The molecule has 30 heavy (non-hydrogen) atoms. The average Bonchev–Trinajstić information content (AvgIpc) is 2.81. The number of methoxy groups -OCH3 is 2. The number of hydrogen-bond acceptors (Lipinski definition) is 8. The molecule has 2 aromatic carbocycles. The maximum Gasteiger partial charge on any atom is 0.355 e. The summed E-state index contributed by atoms with van der Waals surface area (Å²) in [5.74, 6) is -1.04. The van der Waals surface area contributed by atoms with Gasteiger partial charge in [0.2, 0.25) is 0 Å². The first-order valence-corrected chi connectivity index (χ1v) is 9.05. The van der Waals surface area contributed by atoms with E-state index in [0.29, 0.717) is 17.0 Å². The third-order valence-electron chi connectivity index (χ3n) is 4.47. The first-order valence-electron chi connectivity index (χ1n) is 9.05. The number of carbonyl (C=O) groups excluding carboxylic acids is 2. The molecule has 0 unspecified atom stereocenters. The fourth-order valence-corrected chi connectivity index (χ4v) is 2.97. The molecule has 0 atom stereocenters. The van der Waals surface area contributed by atoms with Crippen LogP contribution in [-0.2, 0) is 30.4 Å². The molecular weight excluding hydrogens is 388 g/mol. The number of carbonyl (C=O) groups is 2. The van der Waals surface area contributed by atoms with E-state index in [9.17, 15) is 14.9 Å². The lowest BCUT2D eigenvalue weighted by Gasteiger charge is -2.31. The normalized spacial score (nSPS) is 13.4. The van der Waals surface area contributed by atoms with Gasteiger partial charge in [0, 0.05) is 11.8 Å². The zero-order valence-corrected chi connectivity index (χ0v) is 16.6. The summed E-state index contributed by atoms with van der Waals surface area (Å²) in [6, 6.07) is 16.4. The van der Waals surface area contributed by atoms with Crippen molar-refractivity contribution >= 4 is 17.6 Å². The maximum absolute atomic E-state index is 12.4. The van der Waals surface area contributed by atoms with Gasteiger partial charge in [-0.25, -0.2) is 9.59 Å². The SMILES string of the molecule is COC(=O)C1=C(C(=O)OC)N(c2ccc(C#N)c(OCc3ccccc3)c2)COC1. The topological polar surface area (TPSA) is 98.1 Å². The number of ether oxygens (including phenoxy) is 4. The van der Waals surface area contributed by atoms with Gasteiger partial charge in [-0.1, -0.05) is 30.3 Å². The maximum atomic E-state index is 12.4. The molecular formula is C22H20N2O6. The molecule has 1 heterocycles. The molecule has 0 aliphatic carbocycles. The van der Waals surface area contributed by atoms with Crippen molar-refractivity contribution in [3.63, 3.8) is 0 Å². The van der Waals surface area contributed by atoms with Gasteiger partial charge >= 0.3 is 11.9 Å². The summed E-state index contributed by atoms with van der Waals surface area (Å²) in [7, 11) is 2.45. The van der Waals surface area contributed by atoms with Gasteiger partial charge in [0.05, 0.1) is 32.0 Å². The lowest BCUT2D eigenvalue weighted by atomic mass is 10.1. The predicted octanol–water partition coefficient (Wildman–Crippen LogP) is 2.53. The van der Waals surface area contributed by atoms with Gasteiger partial charge in [0.15, 0.2) is 0 Å². The quantitative estimate of drug-likeness (QED) is 0.673. The Labute approximate surface area is 173 Å². The molecule has 0 amide bonds. The summed E-state index contributed by atoms with van der Waals surface area (Å²) < 4.78 is 21.0. The molecule has 0 radical (unpaired) electrons. The first-order chi connectivity index (χ1) is 14.6. The Morgan fingerprint density at radius 2 is 1.83 bits per heavy atom. The molecule has 0 saturated carbocycles. The molecule has 1 aliphatic heterocycles. The van der Waals surface area contributed by atoms with Gasteiger partial charge < -0.3 is 23.8 Å². The molecule has 1 aliphatic rings. The van der Waals surface area contributed by atoms with E-state index in [1.165, 1.54) is 19.1 Å². The summed E-state index contributed by atoms with van der Waals surface area (Å²) in [6.45, 7) is 0.193. The number of hydrogen-bond donors (Lipinski definition) is 0. The molecule has 0 saturated heterocycles. The van der Waals surface area contributed by atoms with Crippen molar-refractivity contribution in [2.45, 2.75) is 6.61 Å².